The normalized spacial score (nSPS) is 11.2. The highest BCUT2D eigenvalue weighted by molar-refractivity contribution is 6.39. The van der Waals surface area contributed by atoms with E-state index in [2.05, 4.69) is 21.7 Å². The molecule has 0 aliphatic heterocycles. The number of carbonyl (C=O) groups excluding carboxylic acids is 2. The van der Waals surface area contributed by atoms with Crippen LogP contribution in [0.15, 0.2) is 72.9 Å². The van der Waals surface area contributed by atoms with Crippen LogP contribution in [0.4, 0.5) is 5.69 Å². The summed E-state index contributed by atoms with van der Waals surface area (Å²) in [5, 5.41) is 14.1. The molecule has 0 saturated heterocycles. The van der Waals surface area contributed by atoms with Crippen LogP contribution in [0, 0.1) is 18.3 Å². The zero-order chi connectivity index (χ0) is 21.3. The van der Waals surface area contributed by atoms with E-state index < -0.39 is 17.9 Å². The summed E-state index contributed by atoms with van der Waals surface area (Å²) in [6, 6.07) is 21.9. The molecule has 2 aromatic carbocycles. The first-order chi connectivity index (χ1) is 14.5. The average Bonchev–Trinajstić information content (AvgIpc) is 2.77. The van der Waals surface area contributed by atoms with Crippen LogP contribution in [0.3, 0.4) is 0 Å². The minimum atomic E-state index is -0.757. The number of nitriles is 1. The van der Waals surface area contributed by atoms with Crippen LogP contribution < -0.4 is 10.6 Å². The Bertz CT molecular complexity index is 1040. The number of pyridine rings is 1. The molecule has 0 aliphatic carbocycles. The van der Waals surface area contributed by atoms with Crippen LogP contribution >= 0.6 is 0 Å². The van der Waals surface area contributed by atoms with Crippen molar-refractivity contribution < 1.29 is 9.59 Å². The number of nitrogens with zero attached hydrogens (tertiary/aromatic N) is 2. The third-order valence-corrected chi connectivity index (χ3v) is 4.61. The fourth-order valence-electron chi connectivity index (χ4n) is 2.98. The number of hydrogen-bond acceptors (Lipinski definition) is 4. The molecule has 0 unspecified atom stereocenters. The van der Waals surface area contributed by atoms with Gasteiger partial charge in [0.05, 0.1) is 24.2 Å². The molecule has 0 fully saturated rings. The van der Waals surface area contributed by atoms with Crippen molar-refractivity contribution in [2.75, 3.05) is 5.32 Å². The minimum absolute atomic E-state index is 0.291. The van der Waals surface area contributed by atoms with Gasteiger partial charge in [-0.3, -0.25) is 14.6 Å². The maximum atomic E-state index is 12.6. The van der Waals surface area contributed by atoms with E-state index in [1.54, 1.807) is 36.5 Å². The monoisotopic (exact) mass is 398 g/mol. The highest BCUT2D eigenvalue weighted by Gasteiger charge is 2.21. The molecule has 0 radical (unpaired) electrons. The Hall–Kier alpha value is -3.98. The topological polar surface area (TPSA) is 94.9 Å². The van der Waals surface area contributed by atoms with E-state index in [9.17, 15) is 9.59 Å². The lowest BCUT2D eigenvalue weighted by Gasteiger charge is -2.18. The van der Waals surface area contributed by atoms with Crippen LogP contribution in [-0.4, -0.2) is 16.8 Å². The quantitative estimate of drug-likeness (QED) is 0.622. The summed E-state index contributed by atoms with van der Waals surface area (Å²) in [6.45, 7) is 2.01. The van der Waals surface area contributed by atoms with E-state index in [4.69, 9.17) is 5.26 Å². The number of hydrogen-bond donors (Lipinski definition) is 2. The standard InChI is InChI=1S/C24H22N4O2/c1-17-5-7-19(8-6-17)16-22(21-4-2-3-15-26-21)28-24(30)23(29)27-20-11-9-18(10-12-20)13-14-25/h2-12,15,22H,13,16H2,1H3,(H,27,29)(H,28,30)/t22-/m0/s1. The molecule has 3 aromatic rings. The molecule has 6 heteroatoms. The van der Waals surface area contributed by atoms with Gasteiger partial charge in [-0.05, 0) is 48.7 Å². The molecule has 1 heterocycles. The molecule has 2 N–H and O–H groups in total. The first-order valence-corrected chi connectivity index (χ1v) is 9.59. The molecule has 0 aliphatic rings. The summed E-state index contributed by atoms with van der Waals surface area (Å²) >= 11 is 0. The molecule has 0 bridgehead atoms. The van der Waals surface area contributed by atoms with E-state index in [0.29, 0.717) is 24.2 Å². The Kier molecular flexibility index (Phi) is 6.91. The molecule has 2 amide bonds. The molecule has 3 rings (SSSR count). The van der Waals surface area contributed by atoms with Gasteiger partial charge in [0.1, 0.15) is 0 Å². The number of aryl methyl sites for hydroxylation is 1. The van der Waals surface area contributed by atoms with Crippen LogP contribution in [0.1, 0.15) is 28.4 Å². The summed E-state index contributed by atoms with van der Waals surface area (Å²) < 4.78 is 0. The van der Waals surface area contributed by atoms with Gasteiger partial charge < -0.3 is 10.6 Å². The van der Waals surface area contributed by atoms with E-state index in [1.807, 2.05) is 43.3 Å². The van der Waals surface area contributed by atoms with Gasteiger partial charge in [0.2, 0.25) is 0 Å². The number of anilines is 1. The number of carbonyl (C=O) groups is 2. The summed E-state index contributed by atoms with van der Waals surface area (Å²) in [7, 11) is 0. The summed E-state index contributed by atoms with van der Waals surface area (Å²) in [5.74, 6) is -1.49. The van der Waals surface area contributed by atoms with Gasteiger partial charge in [0.15, 0.2) is 0 Å². The Labute approximate surface area is 175 Å². The first kappa shape index (κ1) is 20.7. The molecular formula is C24H22N4O2. The Morgan fingerprint density at radius 2 is 1.67 bits per heavy atom. The van der Waals surface area contributed by atoms with E-state index >= 15 is 0 Å². The number of nitrogens with one attached hydrogen (secondary N) is 2. The van der Waals surface area contributed by atoms with E-state index in [0.717, 1.165) is 16.7 Å². The average molecular weight is 398 g/mol. The van der Waals surface area contributed by atoms with Crippen molar-refractivity contribution in [3.63, 3.8) is 0 Å². The van der Waals surface area contributed by atoms with Crippen molar-refractivity contribution in [3.05, 3.63) is 95.3 Å². The fraction of sp³-hybridized carbons (Fsp3) is 0.167. The van der Waals surface area contributed by atoms with Gasteiger partial charge in [0.25, 0.3) is 0 Å². The van der Waals surface area contributed by atoms with Crippen LogP contribution in [-0.2, 0) is 22.4 Å². The summed E-state index contributed by atoms with van der Waals surface area (Å²) in [6.07, 6.45) is 2.46. The zero-order valence-corrected chi connectivity index (χ0v) is 16.6. The van der Waals surface area contributed by atoms with Crippen molar-refractivity contribution in [2.45, 2.75) is 25.8 Å². The maximum Gasteiger partial charge on any atom is 0.313 e. The molecular weight excluding hydrogens is 376 g/mol. The van der Waals surface area contributed by atoms with Crippen LogP contribution in [0.25, 0.3) is 0 Å². The highest BCUT2D eigenvalue weighted by Crippen LogP contribution is 2.17. The fourth-order valence-corrected chi connectivity index (χ4v) is 2.98. The second-order valence-electron chi connectivity index (χ2n) is 6.96. The Morgan fingerprint density at radius 3 is 2.30 bits per heavy atom. The van der Waals surface area contributed by atoms with E-state index in [1.165, 1.54) is 0 Å². The van der Waals surface area contributed by atoms with E-state index in [-0.39, 0.29) is 0 Å². The van der Waals surface area contributed by atoms with Gasteiger partial charge in [-0.2, -0.15) is 5.26 Å². The smallest absolute Gasteiger partial charge is 0.313 e. The highest BCUT2D eigenvalue weighted by atomic mass is 16.2. The molecule has 1 atom stereocenters. The Balaban J connectivity index is 1.69. The SMILES string of the molecule is Cc1ccc(C[C@H](NC(=O)C(=O)Nc2ccc(CC#N)cc2)c2ccccn2)cc1. The lowest BCUT2D eigenvalue weighted by atomic mass is 10.0. The predicted octanol–water partition coefficient (Wildman–Crippen LogP) is 3.49. The zero-order valence-electron chi connectivity index (χ0n) is 16.6. The molecule has 30 heavy (non-hydrogen) atoms. The van der Waals surface area contributed by atoms with Crippen LogP contribution in [0.5, 0.6) is 0 Å². The first-order valence-electron chi connectivity index (χ1n) is 9.59. The minimum Gasteiger partial charge on any atom is -0.339 e. The van der Waals surface area contributed by atoms with Gasteiger partial charge in [-0.25, -0.2) is 0 Å². The van der Waals surface area contributed by atoms with Gasteiger partial charge in [-0.1, -0.05) is 48.0 Å². The molecule has 6 nitrogen and oxygen atoms in total. The van der Waals surface area contributed by atoms with Crippen molar-refractivity contribution in [3.8, 4) is 6.07 Å². The summed E-state index contributed by atoms with van der Waals surface area (Å²) in [4.78, 5) is 29.3. The van der Waals surface area contributed by atoms with Crippen molar-refractivity contribution in [1.29, 1.82) is 5.26 Å². The Morgan fingerprint density at radius 1 is 0.967 bits per heavy atom. The van der Waals surface area contributed by atoms with Gasteiger partial charge >= 0.3 is 11.8 Å². The molecule has 150 valence electrons. The lowest BCUT2D eigenvalue weighted by Crippen LogP contribution is -2.38. The predicted molar refractivity (Wildman–Crippen MR) is 114 cm³/mol. The molecule has 0 saturated carbocycles. The van der Waals surface area contributed by atoms with Crippen molar-refractivity contribution in [2.24, 2.45) is 0 Å². The third-order valence-electron chi connectivity index (χ3n) is 4.61. The van der Waals surface area contributed by atoms with Crippen molar-refractivity contribution >= 4 is 17.5 Å². The molecule has 1 aromatic heterocycles. The second kappa shape index (κ2) is 9.99. The maximum absolute atomic E-state index is 12.6. The second-order valence-corrected chi connectivity index (χ2v) is 6.96. The van der Waals surface area contributed by atoms with Gasteiger partial charge in [-0.15, -0.1) is 0 Å². The summed E-state index contributed by atoms with van der Waals surface area (Å²) in [5.41, 5.74) is 4.19. The number of aromatic nitrogens is 1. The number of benzene rings is 2. The number of rotatable bonds is 6. The van der Waals surface area contributed by atoms with Crippen LogP contribution in [0.2, 0.25) is 0 Å². The number of amides is 2. The van der Waals surface area contributed by atoms with Gasteiger partial charge in [0, 0.05) is 11.9 Å². The largest absolute Gasteiger partial charge is 0.339 e. The third kappa shape index (κ3) is 5.76. The lowest BCUT2D eigenvalue weighted by molar-refractivity contribution is -0.136. The molecule has 0 spiro atoms. The van der Waals surface area contributed by atoms with Crippen molar-refractivity contribution in [1.82, 2.24) is 10.3 Å².